The highest BCUT2D eigenvalue weighted by Gasteiger charge is 2.20. The number of rotatable bonds is 1. The van der Waals surface area contributed by atoms with Crippen LogP contribution < -0.4 is 5.56 Å². The summed E-state index contributed by atoms with van der Waals surface area (Å²) < 4.78 is 0.991. The summed E-state index contributed by atoms with van der Waals surface area (Å²) in [6.07, 6.45) is 2.23. The summed E-state index contributed by atoms with van der Waals surface area (Å²) in [6, 6.07) is 7.89. The van der Waals surface area contributed by atoms with Gasteiger partial charge in [-0.3, -0.25) is 4.79 Å². The van der Waals surface area contributed by atoms with E-state index in [4.69, 9.17) is 0 Å². The molecule has 0 aliphatic carbocycles. The molecule has 2 aromatic rings. The molecular formula is C15H17BrN2O. The zero-order valence-corrected chi connectivity index (χ0v) is 12.5. The van der Waals surface area contributed by atoms with Gasteiger partial charge in [-0.15, -0.1) is 0 Å². The molecule has 1 aliphatic rings. The molecule has 2 heterocycles. The lowest BCUT2D eigenvalue weighted by Crippen LogP contribution is -2.30. The summed E-state index contributed by atoms with van der Waals surface area (Å²) in [5.74, 6) is 0.473. The molecule has 100 valence electrons. The normalized spacial score (nSPS) is 18.0. The summed E-state index contributed by atoms with van der Waals surface area (Å²) in [7, 11) is 2.15. The molecule has 19 heavy (non-hydrogen) atoms. The van der Waals surface area contributed by atoms with Crippen molar-refractivity contribution in [1.29, 1.82) is 0 Å². The molecule has 1 saturated heterocycles. The highest BCUT2D eigenvalue weighted by molar-refractivity contribution is 9.10. The second-order valence-electron chi connectivity index (χ2n) is 5.33. The van der Waals surface area contributed by atoms with Crippen LogP contribution in [0, 0.1) is 0 Å². The summed E-state index contributed by atoms with van der Waals surface area (Å²) in [6.45, 7) is 2.20. The number of nitrogens with zero attached hydrogens (tertiary/aromatic N) is 1. The van der Waals surface area contributed by atoms with E-state index in [2.05, 4.69) is 38.9 Å². The van der Waals surface area contributed by atoms with Crippen molar-refractivity contribution in [3.8, 4) is 0 Å². The van der Waals surface area contributed by atoms with Crippen LogP contribution in [0.15, 0.2) is 33.5 Å². The van der Waals surface area contributed by atoms with Gasteiger partial charge in [-0.25, -0.2) is 0 Å². The molecule has 1 N–H and O–H groups in total. The van der Waals surface area contributed by atoms with Gasteiger partial charge < -0.3 is 9.88 Å². The molecular weight excluding hydrogens is 304 g/mol. The van der Waals surface area contributed by atoms with Crippen LogP contribution in [0.1, 0.15) is 24.5 Å². The lowest BCUT2D eigenvalue weighted by atomic mass is 9.92. The molecule has 0 radical (unpaired) electrons. The highest BCUT2D eigenvalue weighted by atomic mass is 79.9. The Morgan fingerprint density at radius 2 is 2.00 bits per heavy atom. The highest BCUT2D eigenvalue weighted by Crippen LogP contribution is 2.29. The van der Waals surface area contributed by atoms with Gasteiger partial charge in [-0.1, -0.05) is 22.0 Å². The van der Waals surface area contributed by atoms with Gasteiger partial charge >= 0.3 is 0 Å². The van der Waals surface area contributed by atoms with E-state index < -0.39 is 0 Å². The van der Waals surface area contributed by atoms with Gasteiger partial charge in [0.25, 0.3) is 5.56 Å². The maximum Gasteiger partial charge on any atom is 0.256 e. The van der Waals surface area contributed by atoms with Crippen LogP contribution in [-0.4, -0.2) is 30.0 Å². The number of pyridine rings is 1. The number of aromatic nitrogens is 1. The van der Waals surface area contributed by atoms with Crippen LogP contribution in [-0.2, 0) is 0 Å². The van der Waals surface area contributed by atoms with Crippen molar-refractivity contribution in [2.24, 2.45) is 0 Å². The Bertz CT molecular complexity index is 657. The van der Waals surface area contributed by atoms with E-state index in [0.717, 1.165) is 46.9 Å². The largest absolute Gasteiger partial charge is 0.325 e. The maximum atomic E-state index is 12.2. The second-order valence-corrected chi connectivity index (χ2v) is 6.19. The van der Waals surface area contributed by atoms with Gasteiger partial charge in [-0.05, 0) is 51.2 Å². The lowest BCUT2D eigenvalue weighted by Gasteiger charge is -2.29. The standard InChI is InChI=1S/C15H17BrN2O/c1-18-7-5-10(6-8-18)14-9-12-11(15(19)17-14)3-2-4-13(12)16/h2-4,9-10H,5-8H2,1H3,(H,17,19). The molecule has 1 aromatic heterocycles. The van der Waals surface area contributed by atoms with Crippen molar-refractivity contribution in [3.05, 3.63) is 44.8 Å². The van der Waals surface area contributed by atoms with E-state index in [9.17, 15) is 4.79 Å². The van der Waals surface area contributed by atoms with Crippen molar-refractivity contribution in [3.63, 3.8) is 0 Å². The summed E-state index contributed by atoms with van der Waals surface area (Å²) in [4.78, 5) is 17.6. The van der Waals surface area contributed by atoms with Crippen LogP contribution in [0.25, 0.3) is 10.8 Å². The van der Waals surface area contributed by atoms with Gasteiger partial charge in [0.05, 0.1) is 0 Å². The fourth-order valence-corrected chi connectivity index (χ4v) is 3.29. The van der Waals surface area contributed by atoms with E-state index in [-0.39, 0.29) is 5.56 Å². The Balaban J connectivity index is 2.06. The minimum atomic E-state index is 0.0210. The van der Waals surface area contributed by atoms with Crippen molar-refractivity contribution in [2.75, 3.05) is 20.1 Å². The van der Waals surface area contributed by atoms with Crippen molar-refractivity contribution < 1.29 is 0 Å². The number of hydrogen-bond donors (Lipinski definition) is 1. The van der Waals surface area contributed by atoms with Gasteiger partial charge in [0.2, 0.25) is 0 Å². The van der Waals surface area contributed by atoms with Crippen LogP contribution in [0.2, 0.25) is 0 Å². The fraction of sp³-hybridized carbons (Fsp3) is 0.400. The Morgan fingerprint density at radius 3 is 2.74 bits per heavy atom. The Hall–Kier alpha value is -1.13. The van der Waals surface area contributed by atoms with Crippen LogP contribution in [0.3, 0.4) is 0 Å². The number of fused-ring (bicyclic) bond motifs is 1. The number of hydrogen-bond acceptors (Lipinski definition) is 2. The van der Waals surface area contributed by atoms with Gasteiger partial charge in [0, 0.05) is 26.9 Å². The van der Waals surface area contributed by atoms with Crippen LogP contribution in [0.5, 0.6) is 0 Å². The second kappa shape index (κ2) is 5.10. The van der Waals surface area contributed by atoms with Crippen LogP contribution >= 0.6 is 15.9 Å². The SMILES string of the molecule is CN1CCC(c2cc3c(Br)cccc3c(=O)[nH]2)CC1. The molecule has 0 unspecified atom stereocenters. The molecule has 0 bridgehead atoms. The summed E-state index contributed by atoms with van der Waals surface area (Å²) in [5.41, 5.74) is 1.10. The Kier molecular flexibility index (Phi) is 3.46. The predicted octanol–water partition coefficient (Wildman–Crippen LogP) is 3.10. The van der Waals surface area contributed by atoms with Gasteiger partial charge in [-0.2, -0.15) is 0 Å². The van der Waals surface area contributed by atoms with E-state index in [0.29, 0.717) is 5.92 Å². The topological polar surface area (TPSA) is 36.1 Å². The summed E-state index contributed by atoms with van der Waals surface area (Å²) in [5, 5.41) is 1.77. The van der Waals surface area contributed by atoms with Crippen molar-refractivity contribution in [2.45, 2.75) is 18.8 Å². The first-order chi connectivity index (χ1) is 9.15. The quantitative estimate of drug-likeness (QED) is 0.876. The third-order valence-corrected chi connectivity index (χ3v) is 4.71. The number of likely N-dealkylation sites (tertiary alicyclic amines) is 1. The third-order valence-electron chi connectivity index (χ3n) is 4.01. The summed E-state index contributed by atoms with van der Waals surface area (Å²) >= 11 is 3.54. The zero-order chi connectivity index (χ0) is 13.4. The minimum Gasteiger partial charge on any atom is -0.325 e. The number of halogens is 1. The average molecular weight is 321 g/mol. The molecule has 3 nitrogen and oxygen atoms in total. The van der Waals surface area contributed by atoms with Crippen LogP contribution in [0.4, 0.5) is 0 Å². The van der Waals surface area contributed by atoms with E-state index in [1.165, 1.54) is 0 Å². The molecule has 1 aliphatic heterocycles. The fourth-order valence-electron chi connectivity index (χ4n) is 2.81. The first kappa shape index (κ1) is 12.9. The zero-order valence-electron chi connectivity index (χ0n) is 10.9. The Morgan fingerprint density at radius 1 is 1.26 bits per heavy atom. The monoisotopic (exact) mass is 320 g/mol. The van der Waals surface area contributed by atoms with E-state index >= 15 is 0 Å². The molecule has 3 rings (SSSR count). The molecule has 1 aromatic carbocycles. The number of benzene rings is 1. The Labute approximate surface area is 120 Å². The molecule has 0 spiro atoms. The number of piperidine rings is 1. The third kappa shape index (κ3) is 2.47. The molecule has 0 atom stereocenters. The number of H-pyrrole nitrogens is 1. The molecule has 0 amide bonds. The maximum absolute atomic E-state index is 12.2. The predicted molar refractivity (Wildman–Crippen MR) is 81.7 cm³/mol. The first-order valence-electron chi connectivity index (χ1n) is 6.65. The van der Waals surface area contributed by atoms with Crippen molar-refractivity contribution >= 4 is 26.7 Å². The number of aromatic amines is 1. The lowest BCUT2D eigenvalue weighted by molar-refractivity contribution is 0.253. The minimum absolute atomic E-state index is 0.0210. The molecule has 1 fully saturated rings. The smallest absolute Gasteiger partial charge is 0.256 e. The van der Waals surface area contributed by atoms with Gasteiger partial charge in [0.1, 0.15) is 0 Å². The van der Waals surface area contributed by atoms with E-state index in [1.807, 2.05) is 18.2 Å². The van der Waals surface area contributed by atoms with Gasteiger partial charge in [0.15, 0.2) is 0 Å². The molecule has 4 heteroatoms. The number of nitrogens with one attached hydrogen (secondary N) is 1. The first-order valence-corrected chi connectivity index (χ1v) is 7.44. The average Bonchev–Trinajstić information content (AvgIpc) is 2.41. The van der Waals surface area contributed by atoms with E-state index in [1.54, 1.807) is 0 Å². The molecule has 0 saturated carbocycles. The van der Waals surface area contributed by atoms with Crippen molar-refractivity contribution in [1.82, 2.24) is 9.88 Å².